The summed E-state index contributed by atoms with van der Waals surface area (Å²) in [5, 5.41) is 7.00. The van der Waals surface area contributed by atoms with Crippen LogP contribution in [0.2, 0.25) is 0 Å². The second kappa shape index (κ2) is 12.4. The van der Waals surface area contributed by atoms with Gasteiger partial charge in [0.2, 0.25) is 0 Å². The number of aromatic nitrogens is 3. The Labute approximate surface area is 301 Å². The summed E-state index contributed by atoms with van der Waals surface area (Å²) in [4.78, 5) is 14.9. The maximum Gasteiger partial charge on any atom is 0.160 e. The molecule has 0 saturated carbocycles. The Morgan fingerprint density at radius 3 is 1.73 bits per heavy atom. The molecule has 0 aliphatic heterocycles. The molecule has 52 heavy (non-hydrogen) atoms. The van der Waals surface area contributed by atoms with Crippen LogP contribution in [-0.2, 0) is 0 Å². The summed E-state index contributed by atoms with van der Waals surface area (Å²) >= 11 is 0. The highest BCUT2D eigenvalue weighted by Crippen LogP contribution is 2.40. The summed E-state index contributed by atoms with van der Waals surface area (Å²) in [5.74, 6) is 0.713. The smallest absolute Gasteiger partial charge is 0.160 e. The van der Waals surface area contributed by atoms with Crippen molar-refractivity contribution in [1.82, 2.24) is 15.0 Å². The largest absolute Gasteiger partial charge is 0.256 e. The van der Waals surface area contributed by atoms with Gasteiger partial charge in [-0.25, -0.2) is 9.97 Å². The molecule has 0 amide bonds. The minimum Gasteiger partial charge on any atom is -0.256 e. The Kier molecular flexibility index (Phi) is 7.14. The van der Waals surface area contributed by atoms with Gasteiger partial charge in [-0.15, -0.1) is 0 Å². The lowest BCUT2D eigenvalue weighted by Crippen LogP contribution is -1.95. The van der Waals surface area contributed by atoms with Crippen LogP contribution >= 0.6 is 0 Å². The summed E-state index contributed by atoms with van der Waals surface area (Å²) in [6.07, 6.45) is 1.87. The number of nitrogens with zero attached hydrogens (tertiary/aromatic N) is 3. The fraction of sp³-hybridized carbons (Fsp3) is 0. The van der Waals surface area contributed by atoms with E-state index in [1.54, 1.807) is 0 Å². The first-order valence-electron chi connectivity index (χ1n) is 17.6. The van der Waals surface area contributed by atoms with Crippen LogP contribution < -0.4 is 0 Å². The standard InChI is InChI=1S/C49H31N3/c1-2-10-32(11-3-1)33-19-23-36(24-20-33)48-45-15-6-7-18-46(45)51-49(52-48)37-25-21-34(22-26-37)38-29-30-42(40-14-5-4-13-39(38)40)41-16-8-17-44-43(41)28-27-35-12-9-31-50-47(35)44/h1-31H. The minimum absolute atomic E-state index is 0.713. The van der Waals surface area contributed by atoms with Gasteiger partial charge >= 0.3 is 0 Å². The van der Waals surface area contributed by atoms with E-state index in [9.17, 15) is 0 Å². The highest BCUT2D eigenvalue weighted by Gasteiger charge is 2.15. The maximum atomic E-state index is 5.17. The molecule has 0 atom stereocenters. The molecule has 3 heteroatoms. The number of pyridine rings is 1. The fourth-order valence-corrected chi connectivity index (χ4v) is 7.60. The van der Waals surface area contributed by atoms with Gasteiger partial charge in [-0.2, -0.15) is 0 Å². The number of fused-ring (bicyclic) bond motifs is 5. The van der Waals surface area contributed by atoms with Crippen molar-refractivity contribution in [3.63, 3.8) is 0 Å². The molecule has 0 spiro atoms. The van der Waals surface area contributed by atoms with Crippen molar-refractivity contribution in [2.45, 2.75) is 0 Å². The molecule has 10 aromatic rings. The lowest BCUT2D eigenvalue weighted by molar-refractivity contribution is 1.23. The van der Waals surface area contributed by atoms with Gasteiger partial charge in [0, 0.05) is 33.5 Å². The van der Waals surface area contributed by atoms with E-state index in [1.807, 2.05) is 24.4 Å². The predicted octanol–water partition coefficient (Wildman–Crippen LogP) is 12.8. The van der Waals surface area contributed by atoms with E-state index in [0.29, 0.717) is 5.82 Å². The Morgan fingerprint density at radius 1 is 0.308 bits per heavy atom. The molecule has 242 valence electrons. The highest BCUT2D eigenvalue weighted by atomic mass is 14.9. The second-order valence-electron chi connectivity index (χ2n) is 13.2. The van der Waals surface area contributed by atoms with Crippen molar-refractivity contribution < 1.29 is 0 Å². The fourth-order valence-electron chi connectivity index (χ4n) is 7.60. The van der Waals surface area contributed by atoms with Crippen molar-refractivity contribution in [2.24, 2.45) is 0 Å². The molecule has 0 radical (unpaired) electrons. The summed E-state index contributed by atoms with van der Waals surface area (Å²) < 4.78 is 0. The van der Waals surface area contributed by atoms with Crippen molar-refractivity contribution in [3.8, 4) is 56.0 Å². The third-order valence-corrected chi connectivity index (χ3v) is 10.2. The third kappa shape index (κ3) is 5.10. The van der Waals surface area contributed by atoms with Gasteiger partial charge in [-0.3, -0.25) is 4.98 Å². The summed E-state index contributed by atoms with van der Waals surface area (Å²) in [5.41, 5.74) is 12.1. The van der Waals surface area contributed by atoms with E-state index in [-0.39, 0.29) is 0 Å². The number of hydrogen-bond donors (Lipinski definition) is 0. The lowest BCUT2D eigenvalue weighted by Gasteiger charge is -2.15. The van der Waals surface area contributed by atoms with Crippen molar-refractivity contribution in [1.29, 1.82) is 0 Å². The van der Waals surface area contributed by atoms with Crippen LogP contribution in [0, 0.1) is 0 Å². The van der Waals surface area contributed by atoms with Crippen LogP contribution in [0.5, 0.6) is 0 Å². The molecule has 3 nitrogen and oxygen atoms in total. The Bertz CT molecular complexity index is 2930. The molecular formula is C49H31N3. The number of benzene rings is 8. The topological polar surface area (TPSA) is 38.7 Å². The molecule has 10 rings (SSSR count). The van der Waals surface area contributed by atoms with Crippen molar-refractivity contribution in [3.05, 3.63) is 188 Å². The summed E-state index contributed by atoms with van der Waals surface area (Å²) in [6.45, 7) is 0. The quantitative estimate of drug-likeness (QED) is 0.172. The second-order valence-corrected chi connectivity index (χ2v) is 13.2. The Hall–Kier alpha value is -6.97. The van der Waals surface area contributed by atoms with E-state index in [0.717, 1.165) is 44.2 Å². The number of para-hydroxylation sites is 1. The maximum absolute atomic E-state index is 5.17. The average molecular weight is 662 g/mol. The first-order chi connectivity index (χ1) is 25.8. The number of hydrogen-bond acceptors (Lipinski definition) is 3. The lowest BCUT2D eigenvalue weighted by atomic mass is 9.89. The van der Waals surface area contributed by atoms with E-state index in [2.05, 4.69) is 164 Å². The van der Waals surface area contributed by atoms with Crippen LogP contribution in [0.1, 0.15) is 0 Å². The SMILES string of the molecule is c1ccc(-c2ccc(-c3nc(-c4ccc(-c5ccc(-c6cccc7c6ccc6cccnc67)c6ccccc56)cc4)nc4ccccc34)cc2)cc1. The van der Waals surface area contributed by atoms with Gasteiger partial charge in [-0.1, -0.05) is 170 Å². The third-order valence-electron chi connectivity index (χ3n) is 10.2. The van der Waals surface area contributed by atoms with Gasteiger partial charge in [-0.05, 0) is 61.7 Å². The molecule has 0 aliphatic rings. The monoisotopic (exact) mass is 661 g/mol. The van der Waals surface area contributed by atoms with Gasteiger partial charge in [0.15, 0.2) is 5.82 Å². The first kappa shape index (κ1) is 29.9. The molecule has 0 aliphatic carbocycles. The van der Waals surface area contributed by atoms with E-state index in [1.165, 1.54) is 49.4 Å². The van der Waals surface area contributed by atoms with E-state index in [4.69, 9.17) is 15.0 Å². The molecule has 0 fully saturated rings. The molecule has 2 aromatic heterocycles. The van der Waals surface area contributed by atoms with Crippen LogP contribution in [0.25, 0.3) is 99.4 Å². The predicted molar refractivity (Wildman–Crippen MR) is 217 cm³/mol. The molecule has 0 unspecified atom stereocenters. The average Bonchev–Trinajstić information content (AvgIpc) is 3.23. The van der Waals surface area contributed by atoms with Crippen molar-refractivity contribution >= 4 is 43.4 Å². The summed E-state index contributed by atoms with van der Waals surface area (Å²) in [7, 11) is 0. The molecule has 0 saturated heterocycles. The van der Waals surface area contributed by atoms with Gasteiger partial charge < -0.3 is 0 Å². The molecular weight excluding hydrogens is 631 g/mol. The minimum atomic E-state index is 0.713. The molecule has 2 heterocycles. The van der Waals surface area contributed by atoms with Crippen LogP contribution in [0.15, 0.2) is 188 Å². The van der Waals surface area contributed by atoms with Crippen molar-refractivity contribution in [2.75, 3.05) is 0 Å². The van der Waals surface area contributed by atoms with E-state index < -0.39 is 0 Å². The zero-order valence-electron chi connectivity index (χ0n) is 28.2. The molecule has 8 aromatic carbocycles. The van der Waals surface area contributed by atoms with Crippen LogP contribution in [0.4, 0.5) is 0 Å². The first-order valence-corrected chi connectivity index (χ1v) is 17.6. The Morgan fingerprint density at radius 2 is 0.904 bits per heavy atom. The normalized spacial score (nSPS) is 11.5. The van der Waals surface area contributed by atoms with Crippen LogP contribution in [0.3, 0.4) is 0 Å². The van der Waals surface area contributed by atoms with E-state index >= 15 is 0 Å². The highest BCUT2D eigenvalue weighted by molar-refractivity contribution is 6.14. The van der Waals surface area contributed by atoms with Gasteiger partial charge in [0.05, 0.1) is 16.7 Å². The Balaban J connectivity index is 1.04. The molecule has 0 N–H and O–H groups in total. The van der Waals surface area contributed by atoms with Crippen LogP contribution in [-0.4, -0.2) is 15.0 Å². The van der Waals surface area contributed by atoms with Gasteiger partial charge in [0.1, 0.15) is 0 Å². The number of rotatable bonds is 5. The van der Waals surface area contributed by atoms with Gasteiger partial charge in [0.25, 0.3) is 0 Å². The zero-order valence-corrected chi connectivity index (χ0v) is 28.2. The zero-order chi connectivity index (χ0) is 34.4. The molecule has 0 bridgehead atoms. The summed E-state index contributed by atoms with van der Waals surface area (Å²) in [6, 6.07) is 64.4.